The summed E-state index contributed by atoms with van der Waals surface area (Å²) in [7, 11) is 1.81. The van der Waals surface area contributed by atoms with Gasteiger partial charge in [-0.3, -0.25) is 0 Å². The Labute approximate surface area is 159 Å². The van der Waals surface area contributed by atoms with Crippen molar-refractivity contribution in [2.75, 3.05) is 5.32 Å². The second kappa shape index (κ2) is 7.76. The summed E-state index contributed by atoms with van der Waals surface area (Å²) in [4.78, 5) is 16.8. The molecule has 26 heavy (non-hydrogen) atoms. The summed E-state index contributed by atoms with van der Waals surface area (Å²) in [6.07, 6.45) is 3.39. The zero-order valence-electron chi connectivity index (χ0n) is 13.7. The van der Waals surface area contributed by atoms with Gasteiger partial charge in [-0.2, -0.15) is 0 Å². The number of urea groups is 1. The highest BCUT2D eigenvalue weighted by Crippen LogP contribution is 2.26. The highest BCUT2D eigenvalue weighted by Gasteiger charge is 2.21. The number of imidazole rings is 1. The molecule has 0 aliphatic rings. The number of amides is 2. The molecule has 0 saturated heterocycles. The molecule has 5 nitrogen and oxygen atoms in total. The fourth-order valence-electron chi connectivity index (χ4n) is 2.49. The molecule has 1 unspecified atom stereocenters. The van der Waals surface area contributed by atoms with Gasteiger partial charge in [0.15, 0.2) is 0 Å². The molecule has 3 aromatic rings. The van der Waals surface area contributed by atoms with Crippen molar-refractivity contribution in [2.45, 2.75) is 6.04 Å². The average Bonchev–Trinajstić information content (AvgIpc) is 3.03. The van der Waals surface area contributed by atoms with Crippen LogP contribution in [0, 0.1) is 5.82 Å². The van der Waals surface area contributed by atoms with Crippen LogP contribution in [0.15, 0.2) is 54.9 Å². The molecule has 0 aliphatic heterocycles. The van der Waals surface area contributed by atoms with Crippen molar-refractivity contribution in [3.05, 3.63) is 82.1 Å². The normalized spacial score (nSPS) is 11.8. The minimum atomic E-state index is -0.575. The summed E-state index contributed by atoms with van der Waals surface area (Å²) in [5.41, 5.74) is 1.07. The number of aryl methyl sites for hydroxylation is 1. The second-order valence-electron chi connectivity index (χ2n) is 5.60. The van der Waals surface area contributed by atoms with E-state index in [2.05, 4.69) is 15.6 Å². The van der Waals surface area contributed by atoms with Gasteiger partial charge in [0.1, 0.15) is 17.7 Å². The van der Waals surface area contributed by atoms with Crippen LogP contribution < -0.4 is 10.6 Å². The first kappa shape index (κ1) is 18.2. The van der Waals surface area contributed by atoms with E-state index in [9.17, 15) is 9.18 Å². The third-order valence-electron chi connectivity index (χ3n) is 3.77. The SMILES string of the molecule is Cn1ccnc1C(NC(=O)Nc1cc(Cl)ccc1Cl)c1ccc(F)cc1. The maximum atomic E-state index is 13.3. The molecule has 8 heteroatoms. The molecule has 0 radical (unpaired) electrons. The Morgan fingerprint density at radius 2 is 1.92 bits per heavy atom. The lowest BCUT2D eigenvalue weighted by Gasteiger charge is -2.20. The van der Waals surface area contributed by atoms with Crippen LogP contribution in [0.5, 0.6) is 0 Å². The molecule has 134 valence electrons. The molecule has 0 fully saturated rings. The number of aromatic nitrogens is 2. The van der Waals surface area contributed by atoms with Crippen molar-refractivity contribution in [3.63, 3.8) is 0 Å². The summed E-state index contributed by atoms with van der Waals surface area (Å²) < 4.78 is 15.0. The monoisotopic (exact) mass is 392 g/mol. The third-order valence-corrected chi connectivity index (χ3v) is 4.34. The van der Waals surface area contributed by atoms with Crippen LogP contribution in [0.1, 0.15) is 17.4 Å². The summed E-state index contributed by atoms with van der Waals surface area (Å²) in [6.45, 7) is 0. The molecule has 0 bridgehead atoms. The van der Waals surface area contributed by atoms with Gasteiger partial charge in [0, 0.05) is 24.5 Å². The van der Waals surface area contributed by atoms with E-state index in [1.807, 2.05) is 7.05 Å². The number of hydrogen-bond acceptors (Lipinski definition) is 2. The standard InChI is InChI=1S/C18H15Cl2FN4O/c1-25-9-8-22-17(25)16(11-2-5-13(21)6-3-11)24-18(26)23-15-10-12(19)4-7-14(15)20/h2-10,16H,1H3,(H2,23,24,26). The predicted molar refractivity (Wildman–Crippen MR) is 100 cm³/mol. The van der Waals surface area contributed by atoms with Gasteiger partial charge in [-0.05, 0) is 35.9 Å². The molecule has 2 amide bonds. The van der Waals surface area contributed by atoms with Gasteiger partial charge in [0.2, 0.25) is 0 Å². The Hall–Kier alpha value is -2.57. The zero-order valence-corrected chi connectivity index (χ0v) is 15.2. The number of halogens is 3. The summed E-state index contributed by atoms with van der Waals surface area (Å²) in [5, 5.41) is 6.31. The first-order chi connectivity index (χ1) is 12.4. The van der Waals surface area contributed by atoms with E-state index in [0.717, 1.165) is 0 Å². The van der Waals surface area contributed by atoms with Gasteiger partial charge in [-0.15, -0.1) is 0 Å². The number of nitrogens with zero attached hydrogens (tertiary/aromatic N) is 2. The Morgan fingerprint density at radius 1 is 1.19 bits per heavy atom. The smallest absolute Gasteiger partial charge is 0.320 e. The van der Waals surface area contributed by atoms with Gasteiger partial charge in [0.25, 0.3) is 0 Å². The molecule has 0 spiro atoms. The number of anilines is 1. The van der Waals surface area contributed by atoms with Crippen molar-refractivity contribution in [1.29, 1.82) is 0 Å². The number of carbonyl (C=O) groups excluding carboxylic acids is 1. The fourth-order valence-corrected chi connectivity index (χ4v) is 2.83. The molecule has 1 atom stereocenters. The van der Waals surface area contributed by atoms with Crippen molar-refractivity contribution < 1.29 is 9.18 Å². The van der Waals surface area contributed by atoms with Gasteiger partial charge in [-0.25, -0.2) is 14.2 Å². The average molecular weight is 393 g/mol. The zero-order chi connectivity index (χ0) is 18.7. The fraction of sp³-hybridized carbons (Fsp3) is 0.111. The third kappa shape index (κ3) is 4.15. The molecular formula is C18H15Cl2FN4O. The maximum Gasteiger partial charge on any atom is 0.320 e. The highest BCUT2D eigenvalue weighted by molar-refractivity contribution is 6.35. The molecule has 0 saturated carbocycles. The summed E-state index contributed by atoms with van der Waals surface area (Å²) in [6, 6.07) is 9.56. The van der Waals surface area contributed by atoms with Gasteiger partial charge < -0.3 is 15.2 Å². The molecule has 0 aliphatic carbocycles. The number of hydrogen-bond donors (Lipinski definition) is 2. The Bertz CT molecular complexity index is 927. The van der Waals surface area contributed by atoms with Crippen molar-refractivity contribution in [3.8, 4) is 0 Å². The molecule has 2 N–H and O–H groups in total. The topological polar surface area (TPSA) is 59.0 Å². The lowest BCUT2D eigenvalue weighted by Crippen LogP contribution is -2.34. The number of benzene rings is 2. The van der Waals surface area contributed by atoms with E-state index in [-0.39, 0.29) is 5.82 Å². The Balaban J connectivity index is 1.86. The minimum absolute atomic E-state index is 0.359. The Kier molecular flexibility index (Phi) is 5.44. The second-order valence-corrected chi connectivity index (χ2v) is 6.45. The van der Waals surface area contributed by atoms with Gasteiger partial charge >= 0.3 is 6.03 Å². The van der Waals surface area contributed by atoms with Crippen LogP contribution in [0.4, 0.5) is 14.9 Å². The molecule has 1 heterocycles. The van der Waals surface area contributed by atoms with E-state index in [1.165, 1.54) is 12.1 Å². The summed E-state index contributed by atoms with van der Waals surface area (Å²) >= 11 is 12.0. The van der Waals surface area contributed by atoms with E-state index in [4.69, 9.17) is 23.2 Å². The van der Waals surface area contributed by atoms with E-state index in [1.54, 1.807) is 47.3 Å². The molecule has 2 aromatic carbocycles. The quantitative estimate of drug-likeness (QED) is 0.671. The molecule has 1 aromatic heterocycles. The van der Waals surface area contributed by atoms with E-state index < -0.39 is 12.1 Å². The van der Waals surface area contributed by atoms with Crippen LogP contribution in [0.3, 0.4) is 0 Å². The first-order valence-electron chi connectivity index (χ1n) is 7.69. The van der Waals surface area contributed by atoms with E-state index >= 15 is 0 Å². The van der Waals surface area contributed by atoms with Crippen molar-refractivity contribution in [2.24, 2.45) is 7.05 Å². The van der Waals surface area contributed by atoms with Crippen molar-refractivity contribution >= 4 is 34.9 Å². The number of carbonyl (C=O) groups is 1. The molecular weight excluding hydrogens is 378 g/mol. The highest BCUT2D eigenvalue weighted by atomic mass is 35.5. The van der Waals surface area contributed by atoms with Crippen LogP contribution in [0.25, 0.3) is 0 Å². The van der Waals surface area contributed by atoms with Gasteiger partial charge in [-0.1, -0.05) is 35.3 Å². The Morgan fingerprint density at radius 3 is 2.58 bits per heavy atom. The van der Waals surface area contributed by atoms with Crippen LogP contribution in [-0.4, -0.2) is 15.6 Å². The number of nitrogens with one attached hydrogen (secondary N) is 2. The number of rotatable bonds is 4. The molecule has 3 rings (SSSR count). The van der Waals surface area contributed by atoms with Crippen LogP contribution in [-0.2, 0) is 7.05 Å². The lowest BCUT2D eigenvalue weighted by atomic mass is 10.1. The lowest BCUT2D eigenvalue weighted by molar-refractivity contribution is 0.249. The minimum Gasteiger partial charge on any atom is -0.336 e. The van der Waals surface area contributed by atoms with Crippen molar-refractivity contribution in [1.82, 2.24) is 14.9 Å². The van der Waals surface area contributed by atoms with Crippen LogP contribution in [0.2, 0.25) is 10.0 Å². The summed E-state index contributed by atoms with van der Waals surface area (Å²) in [5.74, 6) is 0.242. The van der Waals surface area contributed by atoms with Crippen LogP contribution >= 0.6 is 23.2 Å². The maximum absolute atomic E-state index is 13.3. The largest absolute Gasteiger partial charge is 0.336 e. The predicted octanol–water partition coefficient (Wildman–Crippen LogP) is 4.78. The first-order valence-corrected chi connectivity index (χ1v) is 8.45. The van der Waals surface area contributed by atoms with Gasteiger partial charge in [0.05, 0.1) is 10.7 Å². The van der Waals surface area contributed by atoms with E-state index in [0.29, 0.717) is 27.1 Å².